The molecule has 0 spiro atoms. The number of nitrogens with one attached hydrogen (secondary N) is 1. The third-order valence-corrected chi connectivity index (χ3v) is 4.95. The molecule has 0 bridgehead atoms. The second kappa shape index (κ2) is 7.18. The number of hydrogen-bond donors (Lipinski definition) is 1. The minimum absolute atomic E-state index is 0.108. The Morgan fingerprint density at radius 3 is 2.84 bits per heavy atom. The van der Waals surface area contributed by atoms with Crippen molar-refractivity contribution in [3.05, 3.63) is 59.2 Å². The zero-order chi connectivity index (χ0) is 17.1. The van der Waals surface area contributed by atoms with Crippen molar-refractivity contribution in [1.29, 1.82) is 0 Å². The summed E-state index contributed by atoms with van der Waals surface area (Å²) in [5.74, 6) is 1.68. The summed E-state index contributed by atoms with van der Waals surface area (Å²) >= 11 is 0. The molecule has 1 amide bonds. The van der Waals surface area contributed by atoms with Crippen LogP contribution in [-0.2, 0) is 17.6 Å². The number of rotatable bonds is 4. The van der Waals surface area contributed by atoms with Gasteiger partial charge in [0.25, 0.3) is 0 Å². The van der Waals surface area contributed by atoms with Crippen LogP contribution in [0.5, 0.6) is 11.5 Å². The maximum absolute atomic E-state index is 12.4. The van der Waals surface area contributed by atoms with Crippen molar-refractivity contribution in [2.24, 2.45) is 0 Å². The zero-order valence-corrected chi connectivity index (χ0v) is 14.3. The minimum Gasteiger partial charge on any atom is -0.486 e. The molecule has 4 rings (SSSR count). The molecule has 2 aliphatic rings. The van der Waals surface area contributed by atoms with Crippen LogP contribution in [0.4, 0.5) is 0 Å². The molecule has 0 aromatic heterocycles. The minimum atomic E-state index is 0.108. The topological polar surface area (TPSA) is 47.6 Å². The molecular weight excluding hydrogens is 314 g/mol. The Kier molecular flexibility index (Phi) is 4.59. The molecule has 1 heterocycles. The van der Waals surface area contributed by atoms with E-state index in [0.717, 1.165) is 36.3 Å². The average Bonchev–Trinajstić information content (AvgIpc) is 2.66. The lowest BCUT2D eigenvalue weighted by Crippen LogP contribution is -2.31. The standard InChI is InChI=1S/C21H23NO3/c23-21(22-18-7-3-5-16-4-1-2-6-17(16)18)11-9-15-8-10-19-20(14-15)25-13-12-24-19/h1-2,4,6,8,10,14,18H,3,5,7,9,11-13H2,(H,22,23)/t18-/m0/s1. The monoisotopic (exact) mass is 337 g/mol. The number of aryl methyl sites for hydroxylation is 2. The number of carbonyl (C=O) groups is 1. The highest BCUT2D eigenvalue weighted by Gasteiger charge is 2.21. The van der Waals surface area contributed by atoms with Crippen molar-refractivity contribution in [3.8, 4) is 11.5 Å². The van der Waals surface area contributed by atoms with Crippen molar-refractivity contribution in [2.75, 3.05) is 13.2 Å². The molecule has 1 aliphatic carbocycles. The van der Waals surface area contributed by atoms with Gasteiger partial charge in [0.2, 0.25) is 5.91 Å². The van der Waals surface area contributed by atoms with Crippen LogP contribution < -0.4 is 14.8 Å². The van der Waals surface area contributed by atoms with Gasteiger partial charge in [0.1, 0.15) is 13.2 Å². The van der Waals surface area contributed by atoms with Crippen molar-refractivity contribution < 1.29 is 14.3 Å². The fourth-order valence-electron chi connectivity index (χ4n) is 3.67. The van der Waals surface area contributed by atoms with E-state index in [2.05, 4.69) is 29.6 Å². The Balaban J connectivity index is 1.36. The van der Waals surface area contributed by atoms with E-state index in [9.17, 15) is 4.79 Å². The van der Waals surface area contributed by atoms with Crippen LogP contribution in [0.15, 0.2) is 42.5 Å². The second-order valence-electron chi connectivity index (χ2n) is 6.69. The Labute approximate surface area is 148 Å². The Hall–Kier alpha value is -2.49. The first-order valence-electron chi connectivity index (χ1n) is 9.05. The van der Waals surface area contributed by atoms with E-state index >= 15 is 0 Å². The van der Waals surface area contributed by atoms with Gasteiger partial charge < -0.3 is 14.8 Å². The van der Waals surface area contributed by atoms with Crippen molar-refractivity contribution >= 4 is 5.91 Å². The summed E-state index contributed by atoms with van der Waals surface area (Å²) < 4.78 is 11.1. The van der Waals surface area contributed by atoms with Crippen LogP contribution in [0.1, 0.15) is 42.0 Å². The number of ether oxygens (including phenoxy) is 2. The highest BCUT2D eigenvalue weighted by Crippen LogP contribution is 2.31. The van der Waals surface area contributed by atoms with E-state index in [-0.39, 0.29) is 11.9 Å². The van der Waals surface area contributed by atoms with Gasteiger partial charge in [0.15, 0.2) is 11.5 Å². The summed E-state index contributed by atoms with van der Waals surface area (Å²) in [4.78, 5) is 12.4. The molecule has 0 saturated heterocycles. The molecular formula is C21H23NO3. The normalized spacial score (nSPS) is 18.3. The van der Waals surface area contributed by atoms with Crippen LogP contribution in [0.25, 0.3) is 0 Å². The van der Waals surface area contributed by atoms with Crippen LogP contribution >= 0.6 is 0 Å². The molecule has 0 saturated carbocycles. The van der Waals surface area contributed by atoms with E-state index < -0.39 is 0 Å². The first-order valence-corrected chi connectivity index (χ1v) is 9.05. The molecule has 1 aliphatic heterocycles. The van der Waals surface area contributed by atoms with Crippen LogP contribution in [0.2, 0.25) is 0 Å². The summed E-state index contributed by atoms with van der Waals surface area (Å²) in [6.45, 7) is 1.18. The maximum Gasteiger partial charge on any atom is 0.220 e. The number of amides is 1. The first kappa shape index (κ1) is 16.0. The van der Waals surface area contributed by atoms with Gasteiger partial charge in [0, 0.05) is 6.42 Å². The number of fused-ring (bicyclic) bond motifs is 2. The van der Waals surface area contributed by atoms with Crippen molar-refractivity contribution in [3.63, 3.8) is 0 Å². The quantitative estimate of drug-likeness (QED) is 0.927. The lowest BCUT2D eigenvalue weighted by atomic mass is 9.87. The molecule has 2 aromatic carbocycles. The van der Waals surface area contributed by atoms with Gasteiger partial charge in [-0.25, -0.2) is 0 Å². The highest BCUT2D eigenvalue weighted by atomic mass is 16.6. The van der Waals surface area contributed by atoms with Crippen LogP contribution in [-0.4, -0.2) is 19.1 Å². The van der Waals surface area contributed by atoms with Gasteiger partial charge in [-0.3, -0.25) is 4.79 Å². The van der Waals surface area contributed by atoms with Crippen molar-refractivity contribution in [2.45, 2.75) is 38.1 Å². The fourth-order valence-corrected chi connectivity index (χ4v) is 3.67. The van der Waals surface area contributed by atoms with Gasteiger partial charge >= 0.3 is 0 Å². The predicted octanol–water partition coefficient (Wildman–Crippen LogP) is 3.58. The predicted molar refractivity (Wildman–Crippen MR) is 96.0 cm³/mol. The van der Waals surface area contributed by atoms with E-state index in [0.29, 0.717) is 26.1 Å². The van der Waals surface area contributed by atoms with Crippen molar-refractivity contribution in [1.82, 2.24) is 5.32 Å². The van der Waals surface area contributed by atoms with Gasteiger partial charge in [-0.2, -0.15) is 0 Å². The molecule has 1 atom stereocenters. The molecule has 4 nitrogen and oxygen atoms in total. The van der Waals surface area contributed by atoms with E-state index in [1.807, 2.05) is 18.2 Å². The largest absolute Gasteiger partial charge is 0.486 e. The van der Waals surface area contributed by atoms with Gasteiger partial charge in [-0.1, -0.05) is 30.3 Å². The SMILES string of the molecule is O=C(CCc1ccc2c(c1)OCCO2)N[C@H]1CCCc2ccccc21. The van der Waals surface area contributed by atoms with Gasteiger partial charge in [-0.05, 0) is 54.5 Å². The summed E-state index contributed by atoms with van der Waals surface area (Å²) in [6, 6.07) is 14.5. The van der Waals surface area contributed by atoms with E-state index in [4.69, 9.17) is 9.47 Å². The molecule has 130 valence electrons. The number of benzene rings is 2. The lowest BCUT2D eigenvalue weighted by molar-refractivity contribution is -0.121. The lowest BCUT2D eigenvalue weighted by Gasteiger charge is -2.26. The second-order valence-corrected chi connectivity index (χ2v) is 6.69. The molecule has 0 unspecified atom stereocenters. The Morgan fingerprint density at radius 1 is 1.08 bits per heavy atom. The number of carbonyl (C=O) groups excluding carboxylic acids is 1. The molecule has 4 heteroatoms. The van der Waals surface area contributed by atoms with Gasteiger partial charge in [0.05, 0.1) is 6.04 Å². The third-order valence-electron chi connectivity index (χ3n) is 4.95. The molecule has 1 N–H and O–H groups in total. The molecule has 0 fully saturated rings. The maximum atomic E-state index is 12.4. The smallest absolute Gasteiger partial charge is 0.220 e. The summed E-state index contributed by atoms with van der Waals surface area (Å²) in [5, 5.41) is 3.21. The fraction of sp³-hybridized carbons (Fsp3) is 0.381. The molecule has 25 heavy (non-hydrogen) atoms. The Morgan fingerprint density at radius 2 is 1.92 bits per heavy atom. The van der Waals surface area contributed by atoms with Gasteiger partial charge in [-0.15, -0.1) is 0 Å². The molecule has 2 aromatic rings. The van der Waals surface area contributed by atoms with E-state index in [1.165, 1.54) is 11.1 Å². The summed E-state index contributed by atoms with van der Waals surface area (Å²) in [5.41, 5.74) is 3.75. The molecule has 0 radical (unpaired) electrons. The third kappa shape index (κ3) is 3.63. The van der Waals surface area contributed by atoms with E-state index in [1.54, 1.807) is 0 Å². The summed E-state index contributed by atoms with van der Waals surface area (Å²) in [6.07, 6.45) is 4.45. The van der Waals surface area contributed by atoms with Crippen LogP contribution in [0.3, 0.4) is 0 Å². The van der Waals surface area contributed by atoms with Crippen LogP contribution in [0, 0.1) is 0 Å². The zero-order valence-electron chi connectivity index (χ0n) is 14.3. The number of hydrogen-bond acceptors (Lipinski definition) is 3. The first-order chi connectivity index (χ1) is 12.3. The highest BCUT2D eigenvalue weighted by molar-refractivity contribution is 5.76. The summed E-state index contributed by atoms with van der Waals surface area (Å²) in [7, 11) is 0. The Bertz CT molecular complexity index is 771. The average molecular weight is 337 g/mol.